The first kappa shape index (κ1) is 17.1. The molecule has 2 N–H and O–H groups in total. The minimum atomic E-state index is -0.414. The summed E-state index contributed by atoms with van der Waals surface area (Å²) in [6, 6.07) is 7.30. The second-order valence-electron chi connectivity index (χ2n) is 5.94. The fourth-order valence-electron chi connectivity index (χ4n) is 2.85. The van der Waals surface area contributed by atoms with Gasteiger partial charge in [0, 0.05) is 51.0 Å². The third-order valence-electron chi connectivity index (χ3n) is 4.21. The van der Waals surface area contributed by atoms with Crippen molar-refractivity contribution in [2.75, 3.05) is 44.7 Å². The molecule has 0 saturated carbocycles. The summed E-state index contributed by atoms with van der Waals surface area (Å²) < 4.78 is 0. The molecule has 6 nitrogen and oxygen atoms in total. The van der Waals surface area contributed by atoms with Gasteiger partial charge in [0.05, 0.1) is 0 Å². The number of rotatable bonds is 4. The average Bonchev–Trinajstić information content (AvgIpc) is 2.81. The fraction of sp³-hybridized carbons (Fsp3) is 0.529. The Morgan fingerprint density at radius 2 is 1.70 bits per heavy atom. The van der Waals surface area contributed by atoms with Crippen LogP contribution < -0.4 is 10.6 Å². The molecular formula is C17H26N4O2. The quantitative estimate of drug-likeness (QED) is 0.919. The van der Waals surface area contributed by atoms with Crippen molar-refractivity contribution in [2.24, 2.45) is 5.73 Å². The lowest BCUT2D eigenvalue weighted by atomic mass is 10.1. The van der Waals surface area contributed by atoms with Crippen molar-refractivity contribution >= 4 is 17.6 Å². The molecule has 0 atom stereocenters. The molecule has 1 aromatic rings. The van der Waals surface area contributed by atoms with Gasteiger partial charge in [-0.2, -0.15) is 0 Å². The minimum Gasteiger partial charge on any atom is -0.375 e. The maximum absolute atomic E-state index is 12.6. The summed E-state index contributed by atoms with van der Waals surface area (Å²) in [6.07, 6.45) is 1.84. The van der Waals surface area contributed by atoms with Crippen molar-refractivity contribution in [1.82, 2.24) is 9.80 Å². The maximum atomic E-state index is 12.6. The smallest absolute Gasteiger partial charge is 0.314 e. The zero-order chi connectivity index (χ0) is 16.8. The molecule has 2 rings (SSSR count). The van der Waals surface area contributed by atoms with Crippen molar-refractivity contribution in [2.45, 2.75) is 19.8 Å². The number of primary amides is 1. The van der Waals surface area contributed by atoms with Crippen molar-refractivity contribution in [3.8, 4) is 0 Å². The molecule has 0 aromatic heterocycles. The number of nitrogens with two attached hydrogens (primary N) is 1. The van der Waals surface area contributed by atoms with E-state index >= 15 is 0 Å². The van der Waals surface area contributed by atoms with E-state index in [4.69, 9.17) is 5.73 Å². The van der Waals surface area contributed by atoms with Gasteiger partial charge < -0.3 is 20.4 Å². The van der Waals surface area contributed by atoms with Gasteiger partial charge in [-0.05, 0) is 37.1 Å². The highest BCUT2D eigenvalue weighted by Crippen LogP contribution is 2.16. The second-order valence-corrected chi connectivity index (χ2v) is 5.94. The van der Waals surface area contributed by atoms with Crippen LogP contribution in [0.15, 0.2) is 24.3 Å². The molecule has 0 aliphatic carbocycles. The molecule has 1 aliphatic rings. The summed E-state index contributed by atoms with van der Waals surface area (Å²) in [5.74, 6) is 0.0148. The maximum Gasteiger partial charge on any atom is 0.314 e. The van der Waals surface area contributed by atoms with E-state index in [1.165, 1.54) is 0 Å². The van der Waals surface area contributed by atoms with Crippen LogP contribution in [0, 0.1) is 0 Å². The predicted octanol–water partition coefficient (Wildman–Crippen LogP) is 1.76. The number of anilines is 1. The van der Waals surface area contributed by atoms with Gasteiger partial charge >= 0.3 is 6.03 Å². The van der Waals surface area contributed by atoms with E-state index in [-0.39, 0.29) is 5.91 Å². The third kappa shape index (κ3) is 4.37. The summed E-state index contributed by atoms with van der Waals surface area (Å²) >= 11 is 0. The van der Waals surface area contributed by atoms with Gasteiger partial charge in [-0.1, -0.05) is 6.92 Å². The van der Waals surface area contributed by atoms with Gasteiger partial charge in [0.1, 0.15) is 0 Å². The van der Waals surface area contributed by atoms with Crippen molar-refractivity contribution in [3.05, 3.63) is 29.8 Å². The Labute approximate surface area is 137 Å². The Balaban J connectivity index is 2.01. The number of hydrogen-bond donors (Lipinski definition) is 1. The molecule has 1 aliphatic heterocycles. The summed E-state index contributed by atoms with van der Waals surface area (Å²) in [6.45, 7) is 5.42. The zero-order valence-electron chi connectivity index (χ0n) is 14.0. The first-order valence-electron chi connectivity index (χ1n) is 8.17. The third-order valence-corrected chi connectivity index (χ3v) is 4.21. The first-order valence-corrected chi connectivity index (χ1v) is 8.17. The summed E-state index contributed by atoms with van der Waals surface area (Å²) in [4.78, 5) is 29.4. The van der Waals surface area contributed by atoms with Crippen LogP contribution in [0.2, 0.25) is 0 Å². The average molecular weight is 318 g/mol. The van der Waals surface area contributed by atoms with Gasteiger partial charge in [0.15, 0.2) is 0 Å². The lowest BCUT2D eigenvalue weighted by molar-refractivity contribution is 0.0762. The molecule has 1 aromatic carbocycles. The SMILES string of the molecule is CCCN(C)c1ccc(C(=O)N2CCCN(C(N)=O)CC2)cc1. The highest BCUT2D eigenvalue weighted by Gasteiger charge is 2.21. The molecule has 23 heavy (non-hydrogen) atoms. The molecule has 0 bridgehead atoms. The fourth-order valence-corrected chi connectivity index (χ4v) is 2.85. The Morgan fingerprint density at radius 3 is 2.30 bits per heavy atom. The highest BCUT2D eigenvalue weighted by molar-refractivity contribution is 5.94. The van der Waals surface area contributed by atoms with Crippen molar-refractivity contribution < 1.29 is 9.59 Å². The lowest BCUT2D eigenvalue weighted by Crippen LogP contribution is -2.39. The first-order chi connectivity index (χ1) is 11.0. The molecule has 126 valence electrons. The van der Waals surface area contributed by atoms with Crippen LogP contribution in [0.5, 0.6) is 0 Å². The largest absolute Gasteiger partial charge is 0.375 e. The summed E-state index contributed by atoms with van der Waals surface area (Å²) in [5.41, 5.74) is 7.11. The summed E-state index contributed by atoms with van der Waals surface area (Å²) in [5, 5.41) is 0. The van der Waals surface area contributed by atoms with E-state index in [1.807, 2.05) is 31.3 Å². The Bertz CT molecular complexity index is 544. The topological polar surface area (TPSA) is 69.9 Å². The van der Waals surface area contributed by atoms with Crippen molar-refractivity contribution in [3.63, 3.8) is 0 Å². The van der Waals surface area contributed by atoms with E-state index in [9.17, 15) is 9.59 Å². The van der Waals surface area contributed by atoms with E-state index < -0.39 is 6.03 Å². The number of carbonyl (C=O) groups is 2. The highest BCUT2D eigenvalue weighted by atomic mass is 16.2. The standard InChI is InChI=1S/C17H26N4O2/c1-3-9-19(2)15-7-5-14(6-8-15)16(22)20-10-4-11-21(13-12-20)17(18)23/h5-8H,3-4,9-13H2,1-2H3,(H2,18,23). The van der Waals surface area contributed by atoms with Gasteiger partial charge in [-0.3, -0.25) is 4.79 Å². The van der Waals surface area contributed by atoms with Crippen LogP contribution in [0.1, 0.15) is 30.1 Å². The molecule has 1 saturated heterocycles. The molecule has 1 fully saturated rings. The second kappa shape index (κ2) is 7.85. The number of nitrogens with zero attached hydrogens (tertiary/aromatic N) is 3. The van der Waals surface area contributed by atoms with Crippen LogP contribution >= 0.6 is 0 Å². The molecular weight excluding hydrogens is 292 g/mol. The van der Waals surface area contributed by atoms with E-state index in [1.54, 1.807) is 9.80 Å². The Morgan fingerprint density at radius 1 is 1.09 bits per heavy atom. The number of urea groups is 1. The molecule has 3 amide bonds. The lowest BCUT2D eigenvalue weighted by Gasteiger charge is -2.22. The predicted molar refractivity (Wildman–Crippen MR) is 91.7 cm³/mol. The van der Waals surface area contributed by atoms with Crippen LogP contribution in [0.3, 0.4) is 0 Å². The van der Waals surface area contributed by atoms with E-state index in [0.717, 1.165) is 25.1 Å². The van der Waals surface area contributed by atoms with Crippen molar-refractivity contribution in [1.29, 1.82) is 0 Å². The molecule has 0 unspecified atom stereocenters. The van der Waals surface area contributed by atoms with Gasteiger partial charge in [0.2, 0.25) is 0 Å². The molecule has 0 spiro atoms. The summed E-state index contributed by atoms with van der Waals surface area (Å²) in [7, 11) is 2.05. The normalized spacial score (nSPS) is 15.2. The van der Waals surface area contributed by atoms with E-state index in [0.29, 0.717) is 31.7 Å². The van der Waals surface area contributed by atoms with Gasteiger partial charge in [-0.15, -0.1) is 0 Å². The zero-order valence-corrected chi connectivity index (χ0v) is 14.0. The monoisotopic (exact) mass is 318 g/mol. The van der Waals surface area contributed by atoms with Crippen LogP contribution in [0.25, 0.3) is 0 Å². The Hall–Kier alpha value is -2.24. The molecule has 1 heterocycles. The molecule has 0 radical (unpaired) electrons. The van der Waals surface area contributed by atoms with E-state index in [2.05, 4.69) is 11.8 Å². The molecule has 6 heteroatoms. The van der Waals surface area contributed by atoms with Crippen LogP contribution in [-0.4, -0.2) is 61.5 Å². The Kier molecular flexibility index (Phi) is 5.84. The van der Waals surface area contributed by atoms with Crippen LogP contribution in [0.4, 0.5) is 10.5 Å². The van der Waals surface area contributed by atoms with Gasteiger partial charge in [0.25, 0.3) is 5.91 Å². The number of hydrogen-bond acceptors (Lipinski definition) is 3. The number of benzene rings is 1. The number of carbonyl (C=O) groups excluding carboxylic acids is 2. The minimum absolute atomic E-state index is 0.0148. The van der Waals surface area contributed by atoms with Gasteiger partial charge in [-0.25, -0.2) is 4.79 Å². The number of amides is 3. The van der Waals surface area contributed by atoms with Crippen LogP contribution in [-0.2, 0) is 0 Å².